The van der Waals surface area contributed by atoms with E-state index >= 15 is 0 Å². The molecule has 198 valence electrons. The van der Waals surface area contributed by atoms with E-state index in [2.05, 4.69) is 20.9 Å². The summed E-state index contributed by atoms with van der Waals surface area (Å²) in [7, 11) is 0. The highest BCUT2D eigenvalue weighted by atomic mass is 19.4. The Morgan fingerprint density at radius 1 is 1.20 bits per heavy atom. The molecule has 12 heteroatoms. The topological polar surface area (TPSA) is 130 Å². The van der Waals surface area contributed by atoms with Gasteiger partial charge >= 0.3 is 18.2 Å². The van der Waals surface area contributed by atoms with Crippen LogP contribution >= 0.6 is 0 Å². The van der Waals surface area contributed by atoms with Crippen molar-refractivity contribution in [2.45, 2.75) is 77.2 Å². The molecule has 1 fully saturated rings. The van der Waals surface area contributed by atoms with Crippen LogP contribution in [0.15, 0.2) is 24.4 Å². The lowest BCUT2D eigenvalue weighted by Crippen LogP contribution is -2.51. The average Bonchev–Trinajstić information content (AvgIpc) is 3.56. The number of carboxylic acids is 1. The first-order valence-electron chi connectivity index (χ1n) is 11.4. The minimum absolute atomic E-state index is 0.0169. The minimum Gasteiger partial charge on any atom is -0.475 e. The molecule has 0 spiro atoms. The Kier molecular flexibility index (Phi) is 11.9. The van der Waals surface area contributed by atoms with Gasteiger partial charge in [-0.25, -0.2) is 9.59 Å². The largest absolute Gasteiger partial charge is 0.490 e. The van der Waals surface area contributed by atoms with Crippen LogP contribution in [-0.4, -0.2) is 65.0 Å². The van der Waals surface area contributed by atoms with E-state index in [0.717, 1.165) is 12.2 Å². The number of amides is 2. The van der Waals surface area contributed by atoms with Crippen LogP contribution in [0.5, 0.6) is 0 Å². The number of hydrogen-bond acceptors (Lipinski definition) is 6. The molecule has 4 N–H and O–H groups in total. The summed E-state index contributed by atoms with van der Waals surface area (Å²) < 4.78 is 37.1. The first-order valence-corrected chi connectivity index (χ1v) is 11.4. The lowest BCUT2D eigenvalue weighted by atomic mass is 10.1. The summed E-state index contributed by atoms with van der Waals surface area (Å²) in [6.45, 7) is 8.67. The number of carbonyl (C=O) groups excluding carboxylic acids is 2. The maximum atomic E-state index is 12.4. The van der Waals surface area contributed by atoms with Crippen LogP contribution in [-0.2, 0) is 20.7 Å². The molecule has 1 aliphatic carbocycles. The molecule has 9 nitrogen and oxygen atoms in total. The van der Waals surface area contributed by atoms with E-state index in [9.17, 15) is 22.8 Å². The second-order valence-electron chi connectivity index (χ2n) is 9.23. The van der Waals surface area contributed by atoms with Crippen molar-refractivity contribution in [3.05, 3.63) is 30.1 Å². The van der Waals surface area contributed by atoms with Crippen LogP contribution in [0.2, 0.25) is 0 Å². The van der Waals surface area contributed by atoms with Crippen LogP contribution in [0.25, 0.3) is 0 Å². The van der Waals surface area contributed by atoms with Crippen molar-refractivity contribution in [2.75, 3.05) is 13.1 Å². The van der Waals surface area contributed by atoms with E-state index in [4.69, 9.17) is 14.6 Å². The standard InChI is InChI=1S/C21H34N4O3.C2HF3O2/c1-5-18(19(26)24-13-15-9-10-15)23-14-17(12-16-8-6-7-11-22-16)25-20(27)28-21(2,3)4;3-2(4,5)1(6)7/h6-8,11,15,17-18,23H,5,9-10,12-14H2,1-4H3,(H,24,26)(H,25,27);(H,6,7)/t17-,18-;/m0./s1. The Hall–Kier alpha value is -2.89. The average molecular weight is 505 g/mol. The number of halogens is 3. The van der Waals surface area contributed by atoms with Crippen LogP contribution in [0, 0.1) is 5.92 Å². The molecule has 1 aliphatic rings. The first-order chi connectivity index (χ1) is 16.2. The summed E-state index contributed by atoms with van der Waals surface area (Å²) in [4.78, 5) is 37.9. The number of ether oxygens (including phenoxy) is 1. The van der Waals surface area contributed by atoms with Crippen molar-refractivity contribution < 1.29 is 37.4 Å². The Morgan fingerprint density at radius 2 is 1.83 bits per heavy atom. The maximum Gasteiger partial charge on any atom is 0.490 e. The molecule has 2 rings (SSSR count). The van der Waals surface area contributed by atoms with Gasteiger partial charge in [-0.2, -0.15) is 13.2 Å². The summed E-state index contributed by atoms with van der Waals surface area (Å²) in [5, 5.41) is 16.3. The van der Waals surface area contributed by atoms with Crippen molar-refractivity contribution in [1.29, 1.82) is 0 Å². The Labute approximate surface area is 203 Å². The molecule has 0 bridgehead atoms. The van der Waals surface area contributed by atoms with Gasteiger partial charge in [-0.15, -0.1) is 0 Å². The number of carboxylic acid groups (broad SMARTS) is 1. The van der Waals surface area contributed by atoms with E-state index in [1.807, 2.05) is 45.9 Å². The highest BCUT2D eigenvalue weighted by Gasteiger charge is 2.38. The lowest BCUT2D eigenvalue weighted by molar-refractivity contribution is -0.192. The normalized spacial score (nSPS) is 15.2. The fourth-order valence-corrected chi connectivity index (χ4v) is 2.82. The van der Waals surface area contributed by atoms with Crippen LogP contribution < -0.4 is 16.0 Å². The van der Waals surface area contributed by atoms with Gasteiger partial charge in [-0.1, -0.05) is 13.0 Å². The van der Waals surface area contributed by atoms with Crippen molar-refractivity contribution in [2.24, 2.45) is 5.92 Å². The zero-order chi connectivity index (χ0) is 26.6. The van der Waals surface area contributed by atoms with Gasteiger partial charge in [0.25, 0.3) is 0 Å². The molecule has 0 unspecified atom stereocenters. The molecule has 1 heterocycles. The van der Waals surface area contributed by atoms with Gasteiger partial charge in [0.15, 0.2) is 0 Å². The molecule has 1 aromatic rings. The van der Waals surface area contributed by atoms with Gasteiger partial charge < -0.3 is 25.8 Å². The maximum absolute atomic E-state index is 12.4. The van der Waals surface area contributed by atoms with Crippen LogP contribution in [0.4, 0.5) is 18.0 Å². The predicted molar refractivity (Wildman–Crippen MR) is 123 cm³/mol. The summed E-state index contributed by atoms with van der Waals surface area (Å²) in [5.74, 6) is -2.09. The number of hydrogen-bond donors (Lipinski definition) is 4. The fraction of sp³-hybridized carbons (Fsp3) is 0.652. The van der Waals surface area contributed by atoms with E-state index in [-0.39, 0.29) is 18.0 Å². The second kappa shape index (κ2) is 13.9. The van der Waals surface area contributed by atoms with E-state index in [1.54, 1.807) is 6.20 Å². The molecule has 0 saturated heterocycles. The Bertz CT molecular complexity index is 812. The molecular formula is C23H35F3N4O5. The highest BCUT2D eigenvalue weighted by Crippen LogP contribution is 2.27. The van der Waals surface area contributed by atoms with E-state index in [0.29, 0.717) is 25.3 Å². The quantitative estimate of drug-likeness (QED) is 0.385. The number of nitrogens with one attached hydrogen (secondary N) is 3. The van der Waals surface area contributed by atoms with Gasteiger partial charge in [0.05, 0.1) is 12.1 Å². The Morgan fingerprint density at radius 3 is 2.29 bits per heavy atom. The smallest absolute Gasteiger partial charge is 0.475 e. The minimum atomic E-state index is -5.08. The molecule has 2 amide bonds. The van der Waals surface area contributed by atoms with Crippen molar-refractivity contribution in [3.63, 3.8) is 0 Å². The monoisotopic (exact) mass is 504 g/mol. The predicted octanol–water partition coefficient (Wildman–Crippen LogP) is 3.05. The number of alkyl carbamates (subject to hydrolysis) is 1. The van der Waals surface area contributed by atoms with Crippen LogP contribution in [0.1, 0.15) is 52.7 Å². The molecule has 35 heavy (non-hydrogen) atoms. The number of aromatic nitrogens is 1. The molecule has 0 radical (unpaired) electrons. The number of alkyl halides is 3. The van der Waals surface area contributed by atoms with Gasteiger partial charge in [0.2, 0.25) is 5.91 Å². The SMILES string of the molecule is CC[C@H](NC[C@H](Cc1ccccn1)NC(=O)OC(C)(C)C)C(=O)NCC1CC1.O=C(O)C(F)(F)F. The summed E-state index contributed by atoms with van der Waals surface area (Å²) in [5.41, 5.74) is 0.304. The highest BCUT2D eigenvalue weighted by molar-refractivity contribution is 5.81. The molecule has 0 aliphatic heterocycles. The second-order valence-corrected chi connectivity index (χ2v) is 9.23. The summed E-state index contributed by atoms with van der Waals surface area (Å²) in [6, 6.07) is 5.17. The lowest BCUT2D eigenvalue weighted by Gasteiger charge is -2.25. The number of rotatable bonds is 10. The van der Waals surface area contributed by atoms with E-state index < -0.39 is 23.8 Å². The van der Waals surface area contributed by atoms with Crippen LogP contribution in [0.3, 0.4) is 0 Å². The number of carbonyl (C=O) groups is 3. The van der Waals surface area contributed by atoms with Crippen molar-refractivity contribution in [1.82, 2.24) is 20.9 Å². The van der Waals surface area contributed by atoms with Gasteiger partial charge in [-0.3, -0.25) is 9.78 Å². The Balaban J connectivity index is 0.000000762. The summed E-state index contributed by atoms with van der Waals surface area (Å²) >= 11 is 0. The number of pyridine rings is 1. The number of nitrogens with zero attached hydrogens (tertiary/aromatic N) is 1. The van der Waals surface area contributed by atoms with Crippen molar-refractivity contribution in [3.8, 4) is 0 Å². The third-order valence-corrected chi connectivity index (χ3v) is 4.74. The number of aliphatic carboxylic acids is 1. The summed E-state index contributed by atoms with van der Waals surface area (Å²) in [6.07, 6.45) is -0.186. The molecular weight excluding hydrogens is 469 g/mol. The van der Waals surface area contributed by atoms with Gasteiger partial charge in [0.1, 0.15) is 5.60 Å². The fourth-order valence-electron chi connectivity index (χ4n) is 2.82. The molecule has 1 saturated carbocycles. The zero-order valence-electron chi connectivity index (χ0n) is 20.4. The third kappa shape index (κ3) is 14.2. The van der Waals surface area contributed by atoms with Gasteiger partial charge in [-0.05, 0) is 58.1 Å². The molecule has 2 atom stereocenters. The van der Waals surface area contributed by atoms with Crippen molar-refractivity contribution >= 4 is 18.0 Å². The first kappa shape index (κ1) is 30.1. The van der Waals surface area contributed by atoms with Gasteiger partial charge in [0, 0.05) is 31.4 Å². The zero-order valence-corrected chi connectivity index (χ0v) is 20.4. The third-order valence-electron chi connectivity index (χ3n) is 4.74. The van der Waals surface area contributed by atoms with E-state index in [1.165, 1.54) is 12.8 Å². The molecule has 1 aromatic heterocycles. The molecule has 0 aromatic carbocycles.